The van der Waals surface area contributed by atoms with Crippen LogP contribution in [0.1, 0.15) is 47.0 Å². The molecule has 0 spiro atoms. The number of likely N-dealkylation sites (tertiary alicyclic amines) is 1. The van der Waals surface area contributed by atoms with Crippen molar-refractivity contribution in [2.24, 2.45) is 17.6 Å². The third-order valence-corrected chi connectivity index (χ3v) is 5.01. The van der Waals surface area contributed by atoms with E-state index in [0.29, 0.717) is 32.4 Å². The zero-order valence-electron chi connectivity index (χ0n) is 14.5. The molecule has 2 amide bonds. The van der Waals surface area contributed by atoms with E-state index in [1.54, 1.807) is 13.8 Å². The van der Waals surface area contributed by atoms with Crippen molar-refractivity contribution in [2.45, 2.75) is 58.5 Å². The molecule has 7 nitrogen and oxygen atoms in total. The molecule has 2 unspecified atom stereocenters. The molecule has 0 aromatic carbocycles. The number of nitrogens with two attached hydrogens (primary N) is 1. The van der Waals surface area contributed by atoms with Crippen molar-refractivity contribution in [2.75, 3.05) is 13.1 Å². The summed E-state index contributed by atoms with van der Waals surface area (Å²) in [5.74, 6) is -1.90. The Balaban J connectivity index is 2.73. The lowest BCUT2D eigenvalue weighted by Gasteiger charge is -2.41. The molecule has 0 radical (unpaired) electrons. The fourth-order valence-corrected chi connectivity index (χ4v) is 2.87. The Bertz CT molecular complexity index is 456. The van der Waals surface area contributed by atoms with Crippen molar-refractivity contribution in [1.29, 1.82) is 0 Å². The van der Waals surface area contributed by atoms with Crippen molar-refractivity contribution >= 4 is 17.8 Å². The van der Waals surface area contributed by atoms with Gasteiger partial charge in [-0.1, -0.05) is 20.3 Å². The third kappa shape index (κ3) is 4.67. The van der Waals surface area contributed by atoms with E-state index in [0.717, 1.165) is 0 Å². The quantitative estimate of drug-likeness (QED) is 0.633. The highest BCUT2D eigenvalue weighted by molar-refractivity contribution is 5.89. The van der Waals surface area contributed by atoms with E-state index < -0.39 is 17.6 Å². The number of carboxylic acids is 1. The van der Waals surface area contributed by atoms with Gasteiger partial charge in [0, 0.05) is 5.92 Å². The second-order valence-electron chi connectivity index (χ2n) is 6.90. The number of primary amides is 1. The Morgan fingerprint density at radius 2 is 1.83 bits per heavy atom. The molecule has 1 heterocycles. The van der Waals surface area contributed by atoms with Gasteiger partial charge in [-0.3, -0.25) is 14.5 Å². The van der Waals surface area contributed by atoms with E-state index in [2.05, 4.69) is 5.32 Å². The Kier molecular flexibility index (Phi) is 6.56. The van der Waals surface area contributed by atoms with E-state index in [1.807, 2.05) is 18.7 Å². The van der Waals surface area contributed by atoms with Gasteiger partial charge >= 0.3 is 5.97 Å². The zero-order valence-corrected chi connectivity index (χ0v) is 14.5. The number of amides is 2. The van der Waals surface area contributed by atoms with Crippen LogP contribution in [0.2, 0.25) is 0 Å². The average molecular weight is 327 g/mol. The lowest BCUT2D eigenvalue weighted by molar-refractivity contribution is -0.146. The lowest BCUT2D eigenvalue weighted by Crippen LogP contribution is -2.60. The maximum atomic E-state index is 12.6. The average Bonchev–Trinajstić information content (AvgIpc) is 2.51. The van der Waals surface area contributed by atoms with E-state index >= 15 is 0 Å². The molecule has 0 saturated carbocycles. The number of nitrogens with one attached hydrogen (secondary N) is 1. The molecular formula is C16H29N3O4. The van der Waals surface area contributed by atoms with Crippen LogP contribution in [0.25, 0.3) is 0 Å². The van der Waals surface area contributed by atoms with Gasteiger partial charge in [-0.05, 0) is 45.7 Å². The summed E-state index contributed by atoms with van der Waals surface area (Å²) >= 11 is 0. The van der Waals surface area contributed by atoms with Gasteiger partial charge in [0.15, 0.2) is 0 Å². The number of hydrogen-bond acceptors (Lipinski definition) is 4. The molecule has 1 fully saturated rings. The van der Waals surface area contributed by atoms with Crippen LogP contribution in [0, 0.1) is 11.8 Å². The highest BCUT2D eigenvalue weighted by atomic mass is 16.4. The number of carbonyl (C=O) groups excluding carboxylic acids is 2. The van der Waals surface area contributed by atoms with Crippen molar-refractivity contribution in [1.82, 2.24) is 10.2 Å². The number of piperidine rings is 1. The monoisotopic (exact) mass is 327 g/mol. The van der Waals surface area contributed by atoms with Gasteiger partial charge in [-0.25, -0.2) is 4.79 Å². The molecular weight excluding hydrogens is 298 g/mol. The van der Waals surface area contributed by atoms with Crippen molar-refractivity contribution < 1.29 is 19.5 Å². The maximum Gasteiger partial charge on any atom is 0.326 e. The molecule has 0 bridgehead atoms. The molecule has 0 aromatic rings. The summed E-state index contributed by atoms with van der Waals surface area (Å²) in [7, 11) is 0. The Labute approximate surface area is 137 Å². The van der Waals surface area contributed by atoms with Gasteiger partial charge in [0.05, 0.1) is 5.54 Å². The van der Waals surface area contributed by atoms with Crippen LogP contribution < -0.4 is 11.1 Å². The first kappa shape index (κ1) is 19.4. The van der Waals surface area contributed by atoms with Crippen LogP contribution in [0.15, 0.2) is 0 Å². The fourth-order valence-electron chi connectivity index (χ4n) is 2.87. The first-order valence-corrected chi connectivity index (χ1v) is 8.19. The predicted molar refractivity (Wildman–Crippen MR) is 86.6 cm³/mol. The second kappa shape index (κ2) is 7.77. The highest BCUT2D eigenvalue weighted by Crippen LogP contribution is 2.24. The molecule has 7 heteroatoms. The van der Waals surface area contributed by atoms with Gasteiger partial charge in [-0.15, -0.1) is 0 Å². The Morgan fingerprint density at radius 3 is 2.22 bits per heavy atom. The SMILES string of the molecule is CCC(C)C(NC(=O)C(C)(C)N1CCC(C(N)=O)CC1)C(=O)O. The van der Waals surface area contributed by atoms with Gasteiger partial charge in [0.2, 0.25) is 11.8 Å². The van der Waals surface area contributed by atoms with Crippen molar-refractivity contribution in [3.8, 4) is 0 Å². The Hall–Kier alpha value is -1.63. The number of rotatable bonds is 7. The minimum atomic E-state index is -1.02. The van der Waals surface area contributed by atoms with E-state index in [4.69, 9.17) is 5.73 Å². The maximum absolute atomic E-state index is 12.6. The number of carboxylic acid groups (broad SMARTS) is 1. The minimum Gasteiger partial charge on any atom is -0.480 e. The van der Waals surface area contributed by atoms with Crippen LogP contribution in [0.3, 0.4) is 0 Å². The molecule has 1 aliphatic rings. The predicted octanol–water partition coefficient (Wildman–Crippen LogP) is 0.578. The molecule has 132 valence electrons. The molecule has 1 rings (SSSR count). The van der Waals surface area contributed by atoms with Gasteiger partial charge in [0.25, 0.3) is 0 Å². The smallest absolute Gasteiger partial charge is 0.326 e. The largest absolute Gasteiger partial charge is 0.480 e. The topological polar surface area (TPSA) is 113 Å². The number of carbonyl (C=O) groups is 3. The van der Waals surface area contributed by atoms with Crippen LogP contribution >= 0.6 is 0 Å². The summed E-state index contributed by atoms with van der Waals surface area (Å²) in [5, 5.41) is 12.0. The van der Waals surface area contributed by atoms with Crippen LogP contribution in [0.4, 0.5) is 0 Å². The normalized spacial score (nSPS) is 19.8. The van der Waals surface area contributed by atoms with E-state index in [-0.39, 0.29) is 23.7 Å². The second-order valence-corrected chi connectivity index (χ2v) is 6.90. The first-order valence-electron chi connectivity index (χ1n) is 8.19. The number of aliphatic carboxylic acids is 1. The molecule has 4 N–H and O–H groups in total. The van der Waals surface area contributed by atoms with Crippen LogP contribution in [-0.4, -0.2) is 52.5 Å². The lowest BCUT2D eigenvalue weighted by atomic mass is 9.90. The molecule has 1 aliphatic heterocycles. The number of hydrogen-bond donors (Lipinski definition) is 3. The summed E-state index contributed by atoms with van der Waals surface area (Å²) in [5.41, 5.74) is 4.50. The first-order chi connectivity index (χ1) is 10.6. The van der Waals surface area contributed by atoms with E-state index in [9.17, 15) is 19.5 Å². The van der Waals surface area contributed by atoms with Gasteiger partial charge in [0.1, 0.15) is 6.04 Å². The van der Waals surface area contributed by atoms with Gasteiger partial charge < -0.3 is 16.2 Å². The molecule has 0 aromatic heterocycles. The molecule has 2 atom stereocenters. The highest BCUT2D eigenvalue weighted by Gasteiger charge is 2.39. The Morgan fingerprint density at radius 1 is 1.30 bits per heavy atom. The molecule has 23 heavy (non-hydrogen) atoms. The fraction of sp³-hybridized carbons (Fsp3) is 0.812. The summed E-state index contributed by atoms with van der Waals surface area (Å²) in [6.45, 7) is 8.45. The van der Waals surface area contributed by atoms with Crippen LogP contribution in [0.5, 0.6) is 0 Å². The standard InChI is InChI=1S/C16H29N3O4/c1-5-10(2)12(14(21)22)18-15(23)16(3,4)19-8-6-11(7-9-19)13(17)20/h10-12H,5-9H2,1-4H3,(H2,17,20)(H,18,23)(H,21,22). The number of nitrogens with zero attached hydrogens (tertiary/aromatic N) is 1. The van der Waals surface area contributed by atoms with Crippen LogP contribution in [-0.2, 0) is 14.4 Å². The zero-order chi connectivity index (χ0) is 17.8. The van der Waals surface area contributed by atoms with Crippen molar-refractivity contribution in [3.63, 3.8) is 0 Å². The minimum absolute atomic E-state index is 0.142. The summed E-state index contributed by atoms with van der Waals surface area (Å²) in [6.07, 6.45) is 1.92. The van der Waals surface area contributed by atoms with E-state index in [1.165, 1.54) is 0 Å². The van der Waals surface area contributed by atoms with Gasteiger partial charge in [-0.2, -0.15) is 0 Å². The summed E-state index contributed by atoms with van der Waals surface area (Å²) in [6, 6.07) is -0.894. The third-order valence-electron chi connectivity index (χ3n) is 5.01. The van der Waals surface area contributed by atoms with Crippen molar-refractivity contribution in [3.05, 3.63) is 0 Å². The molecule has 0 aliphatic carbocycles. The summed E-state index contributed by atoms with van der Waals surface area (Å²) in [4.78, 5) is 37.2. The summed E-state index contributed by atoms with van der Waals surface area (Å²) < 4.78 is 0. The molecule has 1 saturated heterocycles.